The standard InChI is InChI=1S/C61H64O11/c62-52-53(63)56(59(69-41-49-32-18-6-19-33-49)58(68-40-48-30-16-5-17-31-48)55(52)66-38-46-26-12-3-13-27-46)72-61-60(70-42-50-34-20-7-21-35-50)57(67-39-47-28-14-4-15-29-47)54(65-37-45-24-10-2-11-25-45)51(71-61)43-64-36-44-22-8-1-9-23-44/h1-35,51-63H,36-43H2/t51-,52-,53+,54-,55-,56-,57+,58+,59+,60+,61-/m1/s1. The highest BCUT2D eigenvalue weighted by Gasteiger charge is 2.56. The fraction of sp³-hybridized carbons (Fsp3) is 0.311. The van der Waals surface area contributed by atoms with Gasteiger partial charge in [-0.1, -0.05) is 212 Å². The number of hydrogen-bond acceptors (Lipinski definition) is 11. The predicted octanol–water partition coefficient (Wildman–Crippen LogP) is 9.56. The summed E-state index contributed by atoms with van der Waals surface area (Å²) in [4.78, 5) is 0. The molecule has 7 aromatic carbocycles. The van der Waals surface area contributed by atoms with Crippen molar-refractivity contribution in [3.63, 3.8) is 0 Å². The molecule has 0 bridgehead atoms. The summed E-state index contributed by atoms with van der Waals surface area (Å²) in [6.07, 6.45) is -11.8. The van der Waals surface area contributed by atoms with Crippen LogP contribution in [0.15, 0.2) is 212 Å². The first-order chi connectivity index (χ1) is 35.6. The first kappa shape index (κ1) is 51.0. The quantitative estimate of drug-likeness (QED) is 0.0602. The Hall–Kier alpha value is -5.90. The van der Waals surface area contributed by atoms with Crippen molar-refractivity contribution in [1.29, 1.82) is 0 Å². The molecule has 0 amide bonds. The van der Waals surface area contributed by atoms with Gasteiger partial charge in [0.25, 0.3) is 0 Å². The summed E-state index contributed by atoms with van der Waals surface area (Å²) in [5.74, 6) is 0. The lowest BCUT2D eigenvalue weighted by molar-refractivity contribution is -0.361. The maximum Gasteiger partial charge on any atom is 0.187 e. The molecular formula is C61H64O11. The second-order valence-electron chi connectivity index (χ2n) is 18.2. The highest BCUT2D eigenvalue weighted by molar-refractivity contribution is 5.19. The van der Waals surface area contributed by atoms with E-state index < -0.39 is 67.3 Å². The van der Waals surface area contributed by atoms with Gasteiger partial charge >= 0.3 is 0 Å². The minimum atomic E-state index is -1.55. The van der Waals surface area contributed by atoms with Crippen molar-refractivity contribution in [2.45, 2.75) is 114 Å². The first-order valence-corrected chi connectivity index (χ1v) is 24.8. The molecular weight excluding hydrogens is 909 g/mol. The zero-order valence-corrected chi connectivity index (χ0v) is 40.3. The zero-order valence-electron chi connectivity index (χ0n) is 40.3. The summed E-state index contributed by atoms with van der Waals surface area (Å²) in [6, 6.07) is 68.9. The van der Waals surface area contributed by atoms with Crippen LogP contribution in [0.2, 0.25) is 0 Å². The van der Waals surface area contributed by atoms with Gasteiger partial charge in [0.2, 0.25) is 0 Å². The van der Waals surface area contributed by atoms with E-state index in [1.807, 2.05) is 212 Å². The maximum atomic E-state index is 12.5. The minimum Gasteiger partial charge on any atom is -0.387 e. The zero-order chi connectivity index (χ0) is 49.2. The van der Waals surface area contributed by atoms with E-state index in [0.29, 0.717) is 6.61 Å². The molecule has 11 heteroatoms. The number of hydrogen-bond donors (Lipinski definition) is 2. The number of ether oxygens (including phenoxy) is 9. The molecule has 1 saturated heterocycles. The largest absolute Gasteiger partial charge is 0.387 e. The van der Waals surface area contributed by atoms with Crippen LogP contribution in [0.25, 0.3) is 0 Å². The van der Waals surface area contributed by atoms with E-state index in [4.69, 9.17) is 42.6 Å². The third-order valence-electron chi connectivity index (χ3n) is 13.0. The van der Waals surface area contributed by atoms with Gasteiger partial charge in [-0.05, 0) is 38.9 Å². The van der Waals surface area contributed by atoms with Crippen molar-refractivity contribution in [1.82, 2.24) is 0 Å². The normalized spacial score (nSPS) is 25.2. The summed E-state index contributed by atoms with van der Waals surface area (Å²) < 4.78 is 61.9. The van der Waals surface area contributed by atoms with Crippen LogP contribution in [-0.4, -0.2) is 84.1 Å². The van der Waals surface area contributed by atoms with Gasteiger partial charge in [0.05, 0.1) is 52.9 Å². The number of aliphatic hydroxyl groups is 2. The molecule has 1 aliphatic heterocycles. The van der Waals surface area contributed by atoms with Crippen molar-refractivity contribution in [3.8, 4) is 0 Å². The molecule has 72 heavy (non-hydrogen) atoms. The van der Waals surface area contributed by atoms with Crippen LogP contribution in [0, 0.1) is 0 Å². The van der Waals surface area contributed by atoms with Crippen molar-refractivity contribution in [2.75, 3.05) is 6.61 Å². The van der Waals surface area contributed by atoms with Crippen LogP contribution in [-0.2, 0) is 88.9 Å². The van der Waals surface area contributed by atoms with Gasteiger partial charge in [0, 0.05) is 0 Å². The van der Waals surface area contributed by atoms with E-state index >= 15 is 0 Å². The minimum absolute atomic E-state index is 0.0901. The van der Waals surface area contributed by atoms with Gasteiger partial charge in [0.15, 0.2) is 6.29 Å². The molecule has 1 aliphatic carbocycles. The van der Waals surface area contributed by atoms with Crippen LogP contribution < -0.4 is 0 Å². The highest BCUT2D eigenvalue weighted by atomic mass is 16.7. The van der Waals surface area contributed by atoms with Crippen molar-refractivity contribution in [3.05, 3.63) is 251 Å². The third kappa shape index (κ3) is 14.2. The lowest BCUT2D eigenvalue weighted by Crippen LogP contribution is -2.69. The second-order valence-corrected chi connectivity index (χ2v) is 18.2. The van der Waals surface area contributed by atoms with E-state index in [9.17, 15) is 10.2 Å². The third-order valence-corrected chi connectivity index (χ3v) is 13.0. The van der Waals surface area contributed by atoms with Gasteiger partial charge in [-0.25, -0.2) is 0 Å². The summed E-state index contributed by atoms with van der Waals surface area (Å²) >= 11 is 0. The van der Waals surface area contributed by atoms with Crippen molar-refractivity contribution >= 4 is 0 Å². The highest BCUT2D eigenvalue weighted by Crippen LogP contribution is 2.37. The molecule has 0 aromatic heterocycles. The number of aliphatic hydroxyl groups excluding tert-OH is 2. The molecule has 2 N–H and O–H groups in total. The molecule has 2 aliphatic rings. The van der Waals surface area contributed by atoms with Gasteiger partial charge in [-0.3, -0.25) is 0 Å². The lowest BCUT2D eigenvalue weighted by Gasteiger charge is -2.50. The van der Waals surface area contributed by atoms with Crippen LogP contribution in [0.3, 0.4) is 0 Å². The van der Waals surface area contributed by atoms with E-state index in [0.717, 1.165) is 38.9 Å². The summed E-state index contributed by atoms with van der Waals surface area (Å²) in [6.45, 7) is 1.49. The van der Waals surface area contributed by atoms with Crippen molar-refractivity contribution in [2.24, 2.45) is 0 Å². The molecule has 1 saturated carbocycles. The molecule has 7 aromatic rings. The predicted molar refractivity (Wildman–Crippen MR) is 272 cm³/mol. The van der Waals surface area contributed by atoms with Crippen LogP contribution in [0.1, 0.15) is 38.9 Å². The Morgan fingerprint density at radius 3 is 0.917 bits per heavy atom. The Bertz CT molecular complexity index is 2560. The number of rotatable bonds is 24. The second kappa shape index (κ2) is 26.7. The molecule has 11 nitrogen and oxygen atoms in total. The summed E-state index contributed by atoms with van der Waals surface area (Å²) in [5.41, 5.74) is 6.50. The molecule has 9 rings (SSSR count). The summed E-state index contributed by atoms with van der Waals surface area (Å²) in [7, 11) is 0. The molecule has 0 radical (unpaired) electrons. The molecule has 0 unspecified atom stereocenters. The maximum absolute atomic E-state index is 12.5. The van der Waals surface area contributed by atoms with Gasteiger partial charge in [0.1, 0.15) is 61.0 Å². The lowest BCUT2D eigenvalue weighted by atomic mass is 9.83. The Kier molecular flexibility index (Phi) is 18.9. The van der Waals surface area contributed by atoms with E-state index in [2.05, 4.69) is 0 Å². The van der Waals surface area contributed by atoms with Crippen molar-refractivity contribution < 1.29 is 52.8 Å². The average Bonchev–Trinajstić information content (AvgIpc) is 3.44. The molecule has 0 spiro atoms. The fourth-order valence-corrected chi connectivity index (χ4v) is 9.19. The van der Waals surface area contributed by atoms with E-state index in [-0.39, 0.29) is 46.2 Å². The fourth-order valence-electron chi connectivity index (χ4n) is 9.19. The molecule has 11 atom stereocenters. The average molecular weight is 973 g/mol. The van der Waals surface area contributed by atoms with Crippen LogP contribution in [0.5, 0.6) is 0 Å². The first-order valence-electron chi connectivity index (χ1n) is 24.8. The van der Waals surface area contributed by atoms with Crippen LogP contribution >= 0.6 is 0 Å². The SMILES string of the molecule is O[C@@H]1[C@H](O)[C@@H](O[C@H]2O[C@H](COCc3ccccc3)[C@@H](OCc3ccccc3)[C@H](OCc3ccccc3)[C@@H]2OCc2ccccc2)[C@H](OCc2ccccc2)[C@@H](OCc2ccccc2)[C@@H]1OCc1ccccc1. The van der Waals surface area contributed by atoms with Gasteiger partial charge < -0.3 is 52.8 Å². The van der Waals surface area contributed by atoms with Gasteiger partial charge in [-0.15, -0.1) is 0 Å². The molecule has 374 valence electrons. The van der Waals surface area contributed by atoms with E-state index in [1.165, 1.54) is 0 Å². The van der Waals surface area contributed by atoms with Crippen LogP contribution in [0.4, 0.5) is 0 Å². The monoisotopic (exact) mass is 972 g/mol. The van der Waals surface area contributed by atoms with Gasteiger partial charge in [-0.2, -0.15) is 0 Å². The summed E-state index contributed by atoms with van der Waals surface area (Å²) in [5, 5.41) is 24.9. The number of benzene rings is 7. The Morgan fingerprint density at radius 1 is 0.292 bits per heavy atom. The Morgan fingerprint density at radius 2 is 0.556 bits per heavy atom. The Balaban J connectivity index is 1.10. The smallest absolute Gasteiger partial charge is 0.187 e. The Labute approximate surface area is 422 Å². The molecule has 2 fully saturated rings. The van der Waals surface area contributed by atoms with E-state index in [1.54, 1.807) is 0 Å². The molecule has 1 heterocycles. The topological polar surface area (TPSA) is 124 Å².